The molecule has 24 heavy (non-hydrogen) atoms. The standard InChI is InChI=1S/C17H16N2O3S2/c1-12-18-15(11-23-12)13-8-9-16(22-2)17(10-13)24(20,21)19-14-6-4-3-5-7-14/h3-11,19H,1-2H3. The number of hydrogen-bond donors (Lipinski definition) is 1. The molecule has 0 aliphatic heterocycles. The second-order valence-corrected chi connectivity index (χ2v) is 7.80. The minimum absolute atomic E-state index is 0.0806. The van der Waals surface area contributed by atoms with Crippen LogP contribution in [0.2, 0.25) is 0 Å². The Balaban J connectivity index is 2.04. The molecule has 3 aromatic rings. The number of thiazole rings is 1. The van der Waals surface area contributed by atoms with Crippen molar-refractivity contribution in [1.29, 1.82) is 0 Å². The van der Waals surface area contributed by atoms with Crippen LogP contribution in [-0.4, -0.2) is 20.5 Å². The van der Waals surface area contributed by atoms with E-state index in [4.69, 9.17) is 4.74 Å². The summed E-state index contributed by atoms with van der Waals surface area (Å²) in [7, 11) is -2.33. The van der Waals surface area contributed by atoms with Crippen molar-refractivity contribution in [3.8, 4) is 17.0 Å². The molecule has 7 heteroatoms. The van der Waals surface area contributed by atoms with E-state index in [0.717, 1.165) is 16.3 Å². The van der Waals surface area contributed by atoms with E-state index in [1.165, 1.54) is 18.4 Å². The minimum atomic E-state index is -3.78. The summed E-state index contributed by atoms with van der Waals surface area (Å²) >= 11 is 1.52. The highest BCUT2D eigenvalue weighted by molar-refractivity contribution is 7.92. The van der Waals surface area contributed by atoms with Crippen molar-refractivity contribution in [3.05, 3.63) is 58.9 Å². The van der Waals surface area contributed by atoms with Gasteiger partial charge in [0.15, 0.2) is 0 Å². The van der Waals surface area contributed by atoms with Gasteiger partial charge in [0.25, 0.3) is 10.0 Å². The van der Waals surface area contributed by atoms with Crippen LogP contribution >= 0.6 is 11.3 Å². The zero-order chi connectivity index (χ0) is 17.2. The minimum Gasteiger partial charge on any atom is -0.495 e. The summed E-state index contributed by atoms with van der Waals surface area (Å²) in [5.41, 5.74) is 1.97. The Hall–Kier alpha value is -2.38. The molecule has 0 saturated heterocycles. The first-order chi connectivity index (χ1) is 11.5. The van der Waals surface area contributed by atoms with E-state index in [1.807, 2.05) is 18.4 Å². The molecule has 0 amide bonds. The SMILES string of the molecule is COc1ccc(-c2csc(C)n2)cc1S(=O)(=O)Nc1ccccc1. The fourth-order valence-corrected chi connectivity index (χ4v) is 4.14. The summed E-state index contributed by atoms with van der Waals surface area (Å²) in [6.45, 7) is 1.91. The van der Waals surface area contributed by atoms with Crippen LogP contribution in [0.15, 0.2) is 58.8 Å². The Labute approximate surface area is 145 Å². The fraction of sp³-hybridized carbons (Fsp3) is 0.118. The molecule has 0 unspecified atom stereocenters. The largest absolute Gasteiger partial charge is 0.495 e. The van der Waals surface area contributed by atoms with E-state index in [9.17, 15) is 8.42 Å². The summed E-state index contributed by atoms with van der Waals surface area (Å²) in [4.78, 5) is 4.49. The summed E-state index contributed by atoms with van der Waals surface area (Å²) in [5, 5.41) is 2.82. The van der Waals surface area contributed by atoms with Crippen molar-refractivity contribution in [1.82, 2.24) is 4.98 Å². The zero-order valence-corrected chi connectivity index (χ0v) is 14.8. The number of benzene rings is 2. The van der Waals surface area contributed by atoms with Gasteiger partial charge in [0, 0.05) is 16.6 Å². The maximum absolute atomic E-state index is 12.8. The second-order valence-electron chi connectivity index (χ2n) is 5.09. The van der Waals surface area contributed by atoms with E-state index in [-0.39, 0.29) is 10.6 Å². The molecule has 124 valence electrons. The molecule has 0 fully saturated rings. The van der Waals surface area contributed by atoms with Gasteiger partial charge < -0.3 is 4.74 Å². The third kappa shape index (κ3) is 3.42. The van der Waals surface area contributed by atoms with Crippen molar-refractivity contribution >= 4 is 27.0 Å². The van der Waals surface area contributed by atoms with Gasteiger partial charge in [-0.2, -0.15) is 0 Å². The lowest BCUT2D eigenvalue weighted by atomic mass is 10.2. The Bertz CT molecular complexity index is 951. The van der Waals surface area contributed by atoms with Crippen molar-refractivity contribution in [2.75, 3.05) is 11.8 Å². The molecule has 0 aliphatic rings. The molecule has 0 spiro atoms. The van der Waals surface area contributed by atoms with E-state index in [0.29, 0.717) is 5.69 Å². The molecule has 1 heterocycles. The summed E-state index contributed by atoms with van der Waals surface area (Å²) in [6.07, 6.45) is 0. The van der Waals surface area contributed by atoms with Gasteiger partial charge in [-0.05, 0) is 37.3 Å². The highest BCUT2D eigenvalue weighted by atomic mass is 32.2. The lowest BCUT2D eigenvalue weighted by molar-refractivity contribution is 0.403. The maximum Gasteiger partial charge on any atom is 0.265 e. The van der Waals surface area contributed by atoms with Crippen LogP contribution < -0.4 is 9.46 Å². The fourth-order valence-electron chi connectivity index (χ4n) is 2.26. The van der Waals surface area contributed by atoms with Gasteiger partial charge in [0.05, 0.1) is 17.8 Å². The second kappa shape index (κ2) is 6.62. The number of rotatable bonds is 5. The van der Waals surface area contributed by atoms with Crippen LogP contribution in [0.4, 0.5) is 5.69 Å². The quantitative estimate of drug-likeness (QED) is 0.748. The first kappa shape index (κ1) is 16.5. The van der Waals surface area contributed by atoms with Crippen LogP contribution in [0.25, 0.3) is 11.3 Å². The zero-order valence-electron chi connectivity index (χ0n) is 13.2. The number of sulfonamides is 1. The Morgan fingerprint density at radius 1 is 1.12 bits per heavy atom. The smallest absolute Gasteiger partial charge is 0.265 e. The summed E-state index contributed by atoms with van der Waals surface area (Å²) in [6, 6.07) is 13.8. The number of ether oxygens (including phenoxy) is 1. The van der Waals surface area contributed by atoms with Crippen molar-refractivity contribution in [3.63, 3.8) is 0 Å². The van der Waals surface area contributed by atoms with E-state index in [2.05, 4.69) is 9.71 Å². The van der Waals surface area contributed by atoms with Crippen LogP contribution in [0, 0.1) is 6.92 Å². The van der Waals surface area contributed by atoms with Crippen molar-refractivity contribution < 1.29 is 13.2 Å². The Kier molecular flexibility index (Phi) is 4.55. The van der Waals surface area contributed by atoms with Gasteiger partial charge in [0.1, 0.15) is 10.6 Å². The average molecular weight is 360 g/mol. The first-order valence-corrected chi connectivity index (χ1v) is 9.54. The molecular formula is C17H16N2O3S2. The van der Waals surface area contributed by atoms with E-state index in [1.54, 1.807) is 42.5 Å². The summed E-state index contributed by atoms with van der Waals surface area (Å²) < 4.78 is 33.3. The van der Waals surface area contributed by atoms with Crippen LogP contribution in [-0.2, 0) is 10.0 Å². The number of anilines is 1. The molecule has 1 aromatic heterocycles. The lowest BCUT2D eigenvalue weighted by Crippen LogP contribution is -2.14. The number of aromatic nitrogens is 1. The predicted molar refractivity (Wildman–Crippen MR) is 96.1 cm³/mol. The normalized spacial score (nSPS) is 11.2. The van der Waals surface area contributed by atoms with E-state index >= 15 is 0 Å². The Morgan fingerprint density at radius 2 is 1.88 bits per heavy atom. The molecule has 0 atom stereocenters. The monoisotopic (exact) mass is 360 g/mol. The number of para-hydroxylation sites is 1. The number of methoxy groups -OCH3 is 1. The molecule has 5 nitrogen and oxygen atoms in total. The highest BCUT2D eigenvalue weighted by Gasteiger charge is 2.21. The van der Waals surface area contributed by atoms with Crippen molar-refractivity contribution in [2.24, 2.45) is 0 Å². The number of nitrogens with one attached hydrogen (secondary N) is 1. The first-order valence-electron chi connectivity index (χ1n) is 7.18. The van der Waals surface area contributed by atoms with Gasteiger partial charge in [-0.15, -0.1) is 11.3 Å². The van der Waals surface area contributed by atoms with Crippen LogP contribution in [0.3, 0.4) is 0 Å². The third-order valence-electron chi connectivity index (χ3n) is 3.39. The van der Waals surface area contributed by atoms with Gasteiger partial charge in [-0.1, -0.05) is 18.2 Å². The summed E-state index contributed by atoms with van der Waals surface area (Å²) in [5.74, 6) is 0.286. The third-order valence-corrected chi connectivity index (χ3v) is 5.57. The topological polar surface area (TPSA) is 68.3 Å². The molecule has 0 radical (unpaired) electrons. The molecular weight excluding hydrogens is 344 g/mol. The molecule has 2 aromatic carbocycles. The molecule has 0 saturated carbocycles. The maximum atomic E-state index is 12.8. The number of nitrogens with zero attached hydrogens (tertiary/aromatic N) is 1. The van der Waals surface area contributed by atoms with Gasteiger partial charge in [-0.3, -0.25) is 4.72 Å². The predicted octanol–water partition coefficient (Wildman–Crippen LogP) is 3.93. The van der Waals surface area contributed by atoms with Gasteiger partial charge in [-0.25, -0.2) is 13.4 Å². The van der Waals surface area contributed by atoms with Crippen molar-refractivity contribution in [2.45, 2.75) is 11.8 Å². The number of aryl methyl sites for hydroxylation is 1. The molecule has 0 bridgehead atoms. The number of hydrogen-bond acceptors (Lipinski definition) is 5. The van der Waals surface area contributed by atoms with E-state index < -0.39 is 10.0 Å². The van der Waals surface area contributed by atoms with Crippen LogP contribution in [0.5, 0.6) is 5.75 Å². The Morgan fingerprint density at radius 3 is 2.50 bits per heavy atom. The molecule has 0 aliphatic carbocycles. The molecule has 3 rings (SSSR count). The average Bonchev–Trinajstić information content (AvgIpc) is 3.01. The van der Waals surface area contributed by atoms with Gasteiger partial charge >= 0.3 is 0 Å². The van der Waals surface area contributed by atoms with Crippen LogP contribution in [0.1, 0.15) is 5.01 Å². The molecule has 1 N–H and O–H groups in total. The van der Waals surface area contributed by atoms with Gasteiger partial charge in [0.2, 0.25) is 0 Å². The highest BCUT2D eigenvalue weighted by Crippen LogP contribution is 2.31. The lowest BCUT2D eigenvalue weighted by Gasteiger charge is -2.12.